The molecule has 1 aromatic rings. The molecule has 1 rings (SSSR count). The van der Waals surface area contributed by atoms with E-state index in [1.165, 1.54) is 19.2 Å². The van der Waals surface area contributed by atoms with Crippen LogP contribution >= 0.6 is 0 Å². The minimum Gasteiger partial charge on any atom is -0.406 e. The van der Waals surface area contributed by atoms with E-state index >= 15 is 0 Å². The second kappa shape index (κ2) is 6.02. The number of ether oxygens (including phenoxy) is 2. The third kappa shape index (κ3) is 4.32. The van der Waals surface area contributed by atoms with Crippen molar-refractivity contribution in [2.45, 2.75) is 31.9 Å². The molecule has 1 aromatic carbocycles. The van der Waals surface area contributed by atoms with E-state index in [1.54, 1.807) is 13.8 Å². The minimum atomic E-state index is -4.74. The van der Waals surface area contributed by atoms with Gasteiger partial charge in [0.05, 0.1) is 11.6 Å². The van der Waals surface area contributed by atoms with E-state index in [9.17, 15) is 13.2 Å². The first-order chi connectivity index (χ1) is 9.19. The van der Waals surface area contributed by atoms with Crippen molar-refractivity contribution in [2.24, 2.45) is 5.11 Å². The molecule has 0 heterocycles. The van der Waals surface area contributed by atoms with E-state index in [0.717, 1.165) is 12.1 Å². The van der Waals surface area contributed by atoms with Crippen LogP contribution in [0.25, 0.3) is 10.4 Å². The first kappa shape index (κ1) is 16.1. The molecule has 0 bridgehead atoms. The number of hydrogen-bond acceptors (Lipinski definition) is 3. The van der Waals surface area contributed by atoms with Gasteiger partial charge in [0.15, 0.2) is 0 Å². The standard InChI is InChI=1S/C12H14F3N3O2/c1-11(2,19-3)10(17-18-16)8-4-6-9(7-5-8)20-12(13,14)15/h4-7,10H,1-3H3. The van der Waals surface area contributed by atoms with Crippen molar-refractivity contribution < 1.29 is 22.6 Å². The van der Waals surface area contributed by atoms with Gasteiger partial charge in [0, 0.05) is 12.0 Å². The Kier molecular flexibility index (Phi) is 4.86. The molecule has 1 atom stereocenters. The molecule has 5 nitrogen and oxygen atoms in total. The molecule has 20 heavy (non-hydrogen) atoms. The Morgan fingerprint density at radius 2 is 1.75 bits per heavy atom. The smallest absolute Gasteiger partial charge is 0.406 e. The van der Waals surface area contributed by atoms with Crippen LogP contribution in [0.5, 0.6) is 5.75 Å². The Morgan fingerprint density at radius 3 is 2.15 bits per heavy atom. The number of rotatable bonds is 5. The summed E-state index contributed by atoms with van der Waals surface area (Å²) in [5, 5.41) is 3.63. The van der Waals surface area contributed by atoms with E-state index in [2.05, 4.69) is 14.8 Å². The van der Waals surface area contributed by atoms with Crippen LogP contribution < -0.4 is 4.74 Å². The molecule has 0 saturated heterocycles. The number of hydrogen-bond donors (Lipinski definition) is 0. The molecular weight excluding hydrogens is 275 g/mol. The van der Waals surface area contributed by atoms with Gasteiger partial charge in [0.2, 0.25) is 0 Å². The highest BCUT2D eigenvalue weighted by atomic mass is 19.4. The molecule has 1 unspecified atom stereocenters. The molecule has 8 heteroatoms. The normalized spacial score (nSPS) is 13.5. The fraction of sp³-hybridized carbons (Fsp3) is 0.500. The lowest BCUT2D eigenvalue weighted by atomic mass is 9.92. The van der Waals surface area contributed by atoms with Crippen LogP contribution in [0.3, 0.4) is 0 Å². The topological polar surface area (TPSA) is 67.2 Å². The molecule has 0 radical (unpaired) electrons. The quantitative estimate of drug-likeness (QED) is 0.459. The number of alkyl halides is 3. The summed E-state index contributed by atoms with van der Waals surface area (Å²) in [7, 11) is 1.46. The van der Waals surface area contributed by atoms with Crippen molar-refractivity contribution in [1.29, 1.82) is 0 Å². The lowest BCUT2D eigenvalue weighted by Gasteiger charge is -2.30. The molecular formula is C12H14F3N3O2. The van der Waals surface area contributed by atoms with Crippen LogP contribution in [0.2, 0.25) is 0 Å². The zero-order valence-electron chi connectivity index (χ0n) is 11.2. The predicted octanol–water partition coefficient (Wildman–Crippen LogP) is 4.36. The molecule has 0 aliphatic heterocycles. The molecule has 0 spiro atoms. The van der Waals surface area contributed by atoms with Gasteiger partial charge in [-0.15, -0.1) is 13.2 Å². The number of benzene rings is 1. The third-order valence-electron chi connectivity index (χ3n) is 2.78. The van der Waals surface area contributed by atoms with Gasteiger partial charge in [0.1, 0.15) is 5.75 Å². The van der Waals surface area contributed by atoms with Gasteiger partial charge in [-0.1, -0.05) is 17.2 Å². The van der Waals surface area contributed by atoms with Gasteiger partial charge < -0.3 is 9.47 Å². The first-order valence-corrected chi connectivity index (χ1v) is 5.64. The maximum atomic E-state index is 12.1. The first-order valence-electron chi connectivity index (χ1n) is 5.64. The SMILES string of the molecule is COC(C)(C)C(N=[N+]=[N-])c1ccc(OC(F)(F)F)cc1. The Labute approximate surface area is 113 Å². The van der Waals surface area contributed by atoms with Gasteiger partial charge in [-0.2, -0.15) is 0 Å². The van der Waals surface area contributed by atoms with E-state index in [0.29, 0.717) is 5.56 Å². The second-order valence-corrected chi connectivity index (χ2v) is 4.53. The summed E-state index contributed by atoms with van der Waals surface area (Å²) in [4.78, 5) is 2.74. The number of methoxy groups -OCH3 is 1. The van der Waals surface area contributed by atoms with Crippen LogP contribution in [0, 0.1) is 0 Å². The fourth-order valence-electron chi connectivity index (χ4n) is 1.62. The lowest BCUT2D eigenvalue weighted by molar-refractivity contribution is -0.274. The average Bonchev–Trinajstić information content (AvgIpc) is 2.35. The Morgan fingerprint density at radius 1 is 1.20 bits per heavy atom. The Balaban J connectivity index is 3.03. The lowest BCUT2D eigenvalue weighted by Crippen LogP contribution is -2.30. The van der Waals surface area contributed by atoms with Crippen LogP contribution in [-0.2, 0) is 4.74 Å². The monoisotopic (exact) mass is 289 g/mol. The predicted molar refractivity (Wildman–Crippen MR) is 66.1 cm³/mol. The summed E-state index contributed by atoms with van der Waals surface area (Å²) in [6.07, 6.45) is -4.74. The number of azide groups is 1. The molecule has 0 fully saturated rings. The maximum absolute atomic E-state index is 12.1. The maximum Gasteiger partial charge on any atom is 0.573 e. The van der Waals surface area contributed by atoms with Gasteiger partial charge in [0.25, 0.3) is 0 Å². The Hall–Kier alpha value is -1.92. The highest BCUT2D eigenvalue weighted by Gasteiger charge is 2.32. The summed E-state index contributed by atoms with van der Waals surface area (Å²) < 4.78 is 45.2. The van der Waals surface area contributed by atoms with Crippen LogP contribution in [0.1, 0.15) is 25.5 Å². The van der Waals surface area contributed by atoms with Gasteiger partial charge in [-0.25, -0.2) is 0 Å². The zero-order valence-corrected chi connectivity index (χ0v) is 11.2. The fourth-order valence-corrected chi connectivity index (χ4v) is 1.62. The molecule has 0 aliphatic rings. The summed E-state index contributed by atoms with van der Waals surface area (Å²) in [6, 6.07) is 4.46. The van der Waals surface area contributed by atoms with Gasteiger partial charge in [-0.05, 0) is 37.1 Å². The summed E-state index contributed by atoms with van der Waals surface area (Å²) in [5.74, 6) is -0.337. The highest BCUT2D eigenvalue weighted by Crippen LogP contribution is 2.33. The van der Waals surface area contributed by atoms with Crippen molar-refractivity contribution in [1.82, 2.24) is 0 Å². The average molecular weight is 289 g/mol. The zero-order chi connectivity index (χ0) is 15.4. The van der Waals surface area contributed by atoms with Crippen LogP contribution in [0.15, 0.2) is 29.4 Å². The van der Waals surface area contributed by atoms with Crippen molar-refractivity contribution in [2.75, 3.05) is 7.11 Å². The minimum absolute atomic E-state index is 0.337. The van der Waals surface area contributed by atoms with Gasteiger partial charge >= 0.3 is 6.36 Å². The Bertz CT molecular complexity index is 494. The summed E-state index contributed by atoms with van der Waals surface area (Å²) in [5.41, 5.74) is 8.33. The van der Waals surface area contributed by atoms with Crippen LogP contribution in [-0.4, -0.2) is 19.1 Å². The third-order valence-corrected chi connectivity index (χ3v) is 2.78. The molecule has 0 amide bonds. The summed E-state index contributed by atoms with van der Waals surface area (Å²) in [6.45, 7) is 3.43. The number of halogens is 3. The van der Waals surface area contributed by atoms with Gasteiger partial charge in [-0.3, -0.25) is 0 Å². The summed E-state index contributed by atoms with van der Waals surface area (Å²) >= 11 is 0. The largest absolute Gasteiger partial charge is 0.573 e. The van der Waals surface area contributed by atoms with Crippen molar-refractivity contribution in [3.8, 4) is 5.75 Å². The second-order valence-electron chi connectivity index (χ2n) is 4.53. The van der Waals surface area contributed by atoms with Crippen molar-refractivity contribution >= 4 is 0 Å². The van der Waals surface area contributed by atoms with E-state index in [4.69, 9.17) is 10.3 Å². The van der Waals surface area contributed by atoms with E-state index < -0.39 is 18.0 Å². The molecule has 0 N–H and O–H groups in total. The number of nitrogens with zero attached hydrogens (tertiary/aromatic N) is 3. The molecule has 0 aromatic heterocycles. The van der Waals surface area contributed by atoms with E-state index in [1.807, 2.05) is 0 Å². The molecule has 110 valence electrons. The molecule has 0 aliphatic carbocycles. The van der Waals surface area contributed by atoms with E-state index in [-0.39, 0.29) is 5.75 Å². The van der Waals surface area contributed by atoms with Crippen molar-refractivity contribution in [3.63, 3.8) is 0 Å². The molecule has 0 saturated carbocycles. The van der Waals surface area contributed by atoms with Crippen molar-refractivity contribution in [3.05, 3.63) is 40.3 Å². The highest BCUT2D eigenvalue weighted by molar-refractivity contribution is 5.30. The van der Waals surface area contributed by atoms with Crippen LogP contribution in [0.4, 0.5) is 13.2 Å².